The Morgan fingerprint density at radius 3 is 2.67 bits per heavy atom. The second-order valence-corrected chi connectivity index (χ2v) is 6.87. The lowest BCUT2D eigenvalue weighted by Crippen LogP contribution is -2.28. The first kappa shape index (κ1) is 18.8. The molecule has 6 nitrogen and oxygen atoms in total. The van der Waals surface area contributed by atoms with Crippen molar-refractivity contribution in [3.8, 4) is 11.4 Å². The topological polar surface area (TPSA) is 72.7 Å². The van der Waals surface area contributed by atoms with Crippen molar-refractivity contribution in [2.24, 2.45) is 0 Å². The maximum absolute atomic E-state index is 12.3. The van der Waals surface area contributed by atoms with E-state index < -0.39 is 0 Å². The molecule has 2 heterocycles. The van der Waals surface area contributed by atoms with Crippen LogP contribution in [0.4, 0.5) is 0 Å². The number of hydrogen-bond donors (Lipinski definition) is 1. The monoisotopic (exact) mass is 379 g/mol. The van der Waals surface area contributed by atoms with Gasteiger partial charge < -0.3 is 5.32 Å². The van der Waals surface area contributed by atoms with Gasteiger partial charge in [-0.15, -0.1) is 16.8 Å². The van der Waals surface area contributed by atoms with Crippen LogP contribution in [0.3, 0.4) is 0 Å². The van der Waals surface area contributed by atoms with Gasteiger partial charge >= 0.3 is 0 Å². The Hall–Kier alpha value is -2.93. The molecule has 3 rings (SSSR count). The highest BCUT2D eigenvalue weighted by molar-refractivity contribution is 7.99. The molecule has 0 saturated heterocycles. The lowest BCUT2D eigenvalue weighted by Gasteiger charge is -2.14. The number of thioether (sulfide) groups is 1. The molecule has 0 bridgehead atoms. The summed E-state index contributed by atoms with van der Waals surface area (Å²) in [6.07, 6.45) is 5.22. The molecule has 1 N–H and O–H groups in total. The normalized spacial score (nSPS) is 11.7. The molecular formula is C20H21N5OS. The summed E-state index contributed by atoms with van der Waals surface area (Å²) in [5.41, 5.74) is 2.00. The fourth-order valence-electron chi connectivity index (χ4n) is 2.64. The zero-order chi connectivity index (χ0) is 19.1. The lowest BCUT2D eigenvalue weighted by atomic mass is 10.1. The summed E-state index contributed by atoms with van der Waals surface area (Å²) in [4.78, 5) is 16.4. The Morgan fingerprint density at radius 1 is 1.22 bits per heavy atom. The first-order valence-electron chi connectivity index (χ1n) is 8.60. The third-order valence-electron chi connectivity index (χ3n) is 3.98. The molecule has 0 spiro atoms. The van der Waals surface area contributed by atoms with Crippen LogP contribution in [0, 0.1) is 0 Å². The summed E-state index contributed by atoms with van der Waals surface area (Å²) in [6.45, 7) is 6.34. The number of hydrogen-bond acceptors (Lipinski definition) is 5. The van der Waals surface area contributed by atoms with E-state index in [0.29, 0.717) is 11.7 Å². The predicted molar refractivity (Wildman–Crippen MR) is 107 cm³/mol. The number of carbonyl (C=O) groups excluding carboxylic acids is 1. The molecule has 1 atom stereocenters. The summed E-state index contributed by atoms with van der Waals surface area (Å²) in [5, 5.41) is 12.2. The van der Waals surface area contributed by atoms with Gasteiger partial charge in [0, 0.05) is 24.5 Å². The third kappa shape index (κ3) is 4.83. The number of aromatic nitrogens is 4. The number of carbonyl (C=O) groups is 1. The standard InChI is InChI=1S/C20H21N5OS/c1-3-13-25-19(17-9-11-21-12-10-17)23-24-20(25)27-14-18(26)22-15(2)16-7-5-4-6-8-16/h3-12,15H,1,13-14H2,2H3,(H,22,26)/t15-/m0/s1. The Balaban J connectivity index is 1.66. The molecule has 0 unspecified atom stereocenters. The van der Waals surface area contributed by atoms with Crippen LogP contribution in [0.1, 0.15) is 18.5 Å². The zero-order valence-electron chi connectivity index (χ0n) is 15.1. The summed E-state index contributed by atoms with van der Waals surface area (Å²) < 4.78 is 1.95. The first-order chi connectivity index (χ1) is 13.2. The van der Waals surface area contributed by atoms with E-state index in [4.69, 9.17) is 0 Å². The van der Waals surface area contributed by atoms with Gasteiger partial charge in [0.2, 0.25) is 5.91 Å². The van der Waals surface area contributed by atoms with Crippen LogP contribution in [0.2, 0.25) is 0 Å². The lowest BCUT2D eigenvalue weighted by molar-refractivity contribution is -0.119. The molecule has 0 aliphatic carbocycles. The largest absolute Gasteiger partial charge is 0.349 e. The predicted octanol–water partition coefficient (Wildman–Crippen LogP) is 3.50. The zero-order valence-corrected chi connectivity index (χ0v) is 15.9. The van der Waals surface area contributed by atoms with E-state index in [-0.39, 0.29) is 17.7 Å². The van der Waals surface area contributed by atoms with Crippen molar-refractivity contribution in [2.45, 2.75) is 24.7 Å². The van der Waals surface area contributed by atoms with Gasteiger partial charge in [-0.1, -0.05) is 48.2 Å². The second-order valence-electron chi connectivity index (χ2n) is 5.93. The number of nitrogens with one attached hydrogen (secondary N) is 1. The van der Waals surface area contributed by atoms with Crippen LogP contribution in [0.15, 0.2) is 72.7 Å². The average Bonchev–Trinajstić information content (AvgIpc) is 3.10. The molecule has 0 radical (unpaired) electrons. The molecule has 0 fully saturated rings. The van der Waals surface area contributed by atoms with Crippen molar-refractivity contribution in [3.63, 3.8) is 0 Å². The van der Waals surface area contributed by atoms with Crippen molar-refractivity contribution in [1.29, 1.82) is 0 Å². The van der Waals surface area contributed by atoms with E-state index in [1.165, 1.54) is 11.8 Å². The molecule has 3 aromatic rings. The molecule has 0 aliphatic heterocycles. The number of pyridine rings is 1. The van der Waals surface area contributed by atoms with Gasteiger partial charge in [0.25, 0.3) is 0 Å². The van der Waals surface area contributed by atoms with Crippen LogP contribution in [-0.2, 0) is 11.3 Å². The molecular weight excluding hydrogens is 358 g/mol. The minimum absolute atomic E-state index is 0.0438. The summed E-state index contributed by atoms with van der Waals surface area (Å²) in [6, 6.07) is 13.6. The van der Waals surface area contributed by atoms with Gasteiger partial charge in [-0.05, 0) is 24.6 Å². The molecule has 0 aliphatic rings. The van der Waals surface area contributed by atoms with Gasteiger partial charge in [-0.3, -0.25) is 14.3 Å². The van der Waals surface area contributed by atoms with Crippen LogP contribution >= 0.6 is 11.8 Å². The molecule has 2 aromatic heterocycles. The number of rotatable bonds is 8. The Labute approximate surface area is 162 Å². The molecule has 0 saturated carbocycles. The Bertz CT molecular complexity index is 895. The fourth-order valence-corrected chi connectivity index (χ4v) is 3.40. The van der Waals surface area contributed by atoms with Crippen molar-refractivity contribution >= 4 is 17.7 Å². The molecule has 138 valence electrons. The van der Waals surface area contributed by atoms with E-state index >= 15 is 0 Å². The van der Waals surface area contributed by atoms with Crippen molar-refractivity contribution < 1.29 is 4.79 Å². The van der Waals surface area contributed by atoms with Crippen LogP contribution < -0.4 is 5.32 Å². The fraction of sp³-hybridized carbons (Fsp3) is 0.200. The highest BCUT2D eigenvalue weighted by atomic mass is 32.2. The number of benzene rings is 1. The van der Waals surface area contributed by atoms with E-state index in [9.17, 15) is 4.79 Å². The van der Waals surface area contributed by atoms with Crippen molar-refractivity contribution in [3.05, 3.63) is 73.1 Å². The number of amides is 1. The quantitative estimate of drug-likeness (QED) is 0.479. The van der Waals surface area contributed by atoms with Crippen LogP contribution in [-0.4, -0.2) is 31.4 Å². The van der Waals surface area contributed by atoms with Crippen LogP contribution in [0.25, 0.3) is 11.4 Å². The molecule has 1 amide bonds. The number of nitrogens with zero attached hydrogens (tertiary/aromatic N) is 4. The molecule has 27 heavy (non-hydrogen) atoms. The van der Waals surface area contributed by atoms with Gasteiger partial charge in [0.1, 0.15) is 0 Å². The van der Waals surface area contributed by atoms with E-state index in [0.717, 1.165) is 17.0 Å². The van der Waals surface area contributed by atoms with Crippen molar-refractivity contribution in [1.82, 2.24) is 25.1 Å². The minimum Gasteiger partial charge on any atom is -0.349 e. The summed E-state index contributed by atoms with van der Waals surface area (Å²) >= 11 is 1.36. The average molecular weight is 379 g/mol. The van der Waals surface area contributed by atoms with E-state index in [1.54, 1.807) is 18.5 Å². The van der Waals surface area contributed by atoms with E-state index in [1.807, 2.05) is 54.0 Å². The molecule has 7 heteroatoms. The van der Waals surface area contributed by atoms with Gasteiger partial charge in [0.05, 0.1) is 11.8 Å². The highest BCUT2D eigenvalue weighted by Gasteiger charge is 2.16. The number of allylic oxidation sites excluding steroid dienone is 1. The van der Waals surface area contributed by atoms with Gasteiger partial charge in [-0.2, -0.15) is 0 Å². The van der Waals surface area contributed by atoms with Crippen LogP contribution in [0.5, 0.6) is 0 Å². The Morgan fingerprint density at radius 2 is 1.96 bits per heavy atom. The maximum Gasteiger partial charge on any atom is 0.230 e. The third-order valence-corrected chi connectivity index (χ3v) is 4.94. The SMILES string of the molecule is C=CCn1c(SCC(=O)N[C@@H](C)c2ccccc2)nnc1-c1ccncc1. The van der Waals surface area contributed by atoms with E-state index in [2.05, 4.69) is 27.1 Å². The Kier molecular flexibility index (Phi) is 6.38. The summed E-state index contributed by atoms with van der Waals surface area (Å²) in [5.74, 6) is 0.954. The molecule has 1 aromatic carbocycles. The minimum atomic E-state index is -0.0463. The first-order valence-corrected chi connectivity index (χ1v) is 9.59. The van der Waals surface area contributed by atoms with Gasteiger partial charge in [0.15, 0.2) is 11.0 Å². The van der Waals surface area contributed by atoms with Gasteiger partial charge in [-0.25, -0.2) is 0 Å². The smallest absolute Gasteiger partial charge is 0.230 e. The summed E-state index contributed by atoms with van der Waals surface area (Å²) in [7, 11) is 0. The van der Waals surface area contributed by atoms with Crippen molar-refractivity contribution in [2.75, 3.05) is 5.75 Å². The highest BCUT2D eigenvalue weighted by Crippen LogP contribution is 2.23. The second kappa shape index (κ2) is 9.14. The maximum atomic E-state index is 12.3.